The third kappa shape index (κ3) is 4.50. The van der Waals surface area contributed by atoms with Gasteiger partial charge in [0.25, 0.3) is 5.91 Å². The highest BCUT2D eigenvalue weighted by Crippen LogP contribution is 2.22. The molecule has 2 aromatic heterocycles. The molecule has 0 radical (unpaired) electrons. The summed E-state index contributed by atoms with van der Waals surface area (Å²) in [5.41, 5.74) is 1.44. The molecule has 3 rings (SSSR count). The van der Waals surface area contributed by atoms with Gasteiger partial charge in [-0.1, -0.05) is 0 Å². The smallest absolute Gasteiger partial charge is 0.271 e. The van der Waals surface area contributed by atoms with E-state index in [0.717, 1.165) is 10.6 Å². The third-order valence-corrected chi connectivity index (χ3v) is 5.06. The second kappa shape index (κ2) is 8.01. The first-order valence-electron chi connectivity index (χ1n) is 8.71. The Bertz CT molecular complexity index is 756. The van der Waals surface area contributed by atoms with Gasteiger partial charge in [-0.05, 0) is 33.3 Å². The van der Waals surface area contributed by atoms with Crippen molar-refractivity contribution in [3.63, 3.8) is 0 Å². The normalized spacial score (nSPS) is 20.5. The van der Waals surface area contributed by atoms with Crippen LogP contribution in [0.4, 0.5) is 0 Å². The zero-order valence-corrected chi connectivity index (χ0v) is 16.0. The minimum Gasteiger partial charge on any atom is -0.472 e. The van der Waals surface area contributed by atoms with Gasteiger partial charge >= 0.3 is 0 Å². The van der Waals surface area contributed by atoms with E-state index in [1.54, 1.807) is 17.9 Å². The van der Waals surface area contributed by atoms with Crippen LogP contribution < -0.4 is 10.6 Å². The van der Waals surface area contributed by atoms with Gasteiger partial charge in [0, 0.05) is 36.1 Å². The molecule has 2 N–H and O–H groups in total. The third-order valence-electron chi connectivity index (χ3n) is 4.29. The van der Waals surface area contributed by atoms with Gasteiger partial charge in [-0.3, -0.25) is 14.5 Å². The van der Waals surface area contributed by atoms with Crippen molar-refractivity contribution in [3.05, 3.63) is 40.2 Å². The second-order valence-corrected chi connectivity index (χ2v) is 7.96. The highest BCUT2D eigenvalue weighted by atomic mass is 32.1. The van der Waals surface area contributed by atoms with Crippen molar-refractivity contribution in [2.75, 3.05) is 6.54 Å². The number of carbonyl (C=O) groups excluding carboxylic acids is 2. The molecule has 0 aliphatic carbocycles. The van der Waals surface area contributed by atoms with Gasteiger partial charge in [0.05, 0.1) is 23.6 Å². The Morgan fingerprint density at radius 3 is 2.88 bits per heavy atom. The SMILES string of the molecule is Cc1nc(C(=O)N[C@@H]2C[C@@H](C(=O)NC(C)C)N(Cc3ccoc3)C2)cs1. The minimum atomic E-state index is -0.283. The van der Waals surface area contributed by atoms with Crippen molar-refractivity contribution in [3.8, 4) is 0 Å². The Labute approximate surface area is 156 Å². The van der Waals surface area contributed by atoms with Gasteiger partial charge in [-0.2, -0.15) is 0 Å². The first kappa shape index (κ1) is 18.6. The van der Waals surface area contributed by atoms with Crippen LogP contribution in [0.2, 0.25) is 0 Å². The van der Waals surface area contributed by atoms with Gasteiger partial charge < -0.3 is 15.1 Å². The molecule has 0 spiro atoms. The minimum absolute atomic E-state index is 0.00949. The van der Waals surface area contributed by atoms with Gasteiger partial charge in [0.2, 0.25) is 5.91 Å². The number of aryl methyl sites for hydroxylation is 1. The predicted octanol–water partition coefficient (Wildman–Crippen LogP) is 1.94. The summed E-state index contributed by atoms with van der Waals surface area (Å²) in [6.07, 6.45) is 3.88. The van der Waals surface area contributed by atoms with Crippen LogP contribution in [0.3, 0.4) is 0 Å². The lowest BCUT2D eigenvalue weighted by Gasteiger charge is -2.23. The number of nitrogens with zero attached hydrogens (tertiary/aromatic N) is 2. The number of aromatic nitrogens is 1. The topological polar surface area (TPSA) is 87.5 Å². The molecule has 1 saturated heterocycles. The zero-order valence-electron chi connectivity index (χ0n) is 15.2. The fourth-order valence-electron chi connectivity index (χ4n) is 3.18. The van der Waals surface area contributed by atoms with Gasteiger partial charge in [0.15, 0.2) is 0 Å². The van der Waals surface area contributed by atoms with Crippen LogP contribution in [0.1, 0.15) is 41.3 Å². The van der Waals surface area contributed by atoms with Crippen molar-refractivity contribution in [1.29, 1.82) is 0 Å². The Kier molecular flexibility index (Phi) is 5.73. The molecule has 8 heteroatoms. The average molecular weight is 376 g/mol. The van der Waals surface area contributed by atoms with E-state index in [0.29, 0.717) is 25.2 Å². The van der Waals surface area contributed by atoms with Crippen molar-refractivity contribution >= 4 is 23.2 Å². The molecule has 0 aromatic carbocycles. The van der Waals surface area contributed by atoms with Crippen molar-refractivity contribution in [1.82, 2.24) is 20.5 Å². The van der Waals surface area contributed by atoms with E-state index in [1.807, 2.05) is 26.8 Å². The number of amides is 2. The van der Waals surface area contributed by atoms with Crippen LogP contribution >= 0.6 is 11.3 Å². The molecular formula is C18H24N4O3S. The number of likely N-dealkylation sites (tertiary alicyclic amines) is 1. The maximum absolute atomic E-state index is 12.6. The number of furan rings is 1. The molecule has 0 unspecified atom stereocenters. The fraction of sp³-hybridized carbons (Fsp3) is 0.500. The second-order valence-electron chi connectivity index (χ2n) is 6.90. The molecule has 1 aliphatic rings. The zero-order chi connectivity index (χ0) is 18.7. The van der Waals surface area contributed by atoms with Crippen molar-refractivity contribution < 1.29 is 14.0 Å². The van der Waals surface area contributed by atoms with E-state index in [-0.39, 0.29) is 29.9 Å². The van der Waals surface area contributed by atoms with Crippen LogP contribution in [-0.2, 0) is 11.3 Å². The Morgan fingerprint density at radius 1 is 1.46 bits per heavy atom. The standard InChI is InChI=1S/C18H24N4O3S/c1-11(2)19-18(24)16-6-14(8-22(16)7-13-4-5-25-9-13)21-17(23)15-10-26-12(3)20-15/h4-5,9-11,14,16H,6-8H2,1-3H3,(H,19,24)(H,21,23)/t14-,16+/m1/s1. The molecule has 140 valence electrons. The molecule has 2 aromatic rings. The molecule has 2 atom stereocenters. The maximum atomic E-state index is 12.6. The number of thiazole rings is 1. The number of hydrogen-bond acceptors (Lipinski definition) is 6. The van der Waals surface area contributed by atoms with Gasteiger partial charge in [-0.15, -0.1) is 11.3 Å². The summed E-state index contributed by atoms with van der Waals surface area (Å²) in [6, 6.07) is 1.58. The Hall–Kier alpha value is -2.19. The fourth-order valence-corrected chi connectivity index (χ4v) is 3.77. The first-order valence-corrected chi connectivity index (χ1v) is 9.59. The lowest BCUT2D eigenvalue weighted by atomic mass is 10.1. The lowest BCUT2D eigenvalue weighted by Crippen LogP contribution is -2.45. The molecule has 0 bridgehead atoms. The molecule has 0 saturated carbocycles. The van der Waals surface area contributed by atoms with E-state index in [9.17, 15) is 9.59 Å². The van der Waals surface area contributed by atoms with Crippen LogP contribution in [0.25, 0.3) is 0 Å². The Morgan fingerprint density at radius 2 is 2.27 bits per heavy atom. The molecule has 1 fully saturated rings. The summed E-state index contributed by atoms with van der Waals surface area (Å²) in [4.78, 5) is 31.3. The predicted molar refractivity (Wildman–Crippen MR) is 98.9 cm³/mol. The van der Waals surface area contributed by atoms with Crippen LogP contribution in [0, 0.1) is 6.92 Å². The summed E-state index contributed by atoms with van der Waals surface area (Å²) in [6.45, 7) is 6.97. The monoisotopic (exact) mass is 376 g/mol. The number of carbonyl (C=O) groups is 2. The van der Waals surface area contributed by atoms with E-state index >= 15 is 0 Å². The molecule has 1 aliphatic heterocycles. The molecule has 3 heterocycles. The van der Waals surface area contributed by atoms with Crippen molar-refractivity contribution in [2.24, 2.45) is 0 Å². The first-order chi connectivity index (χ1) is 12.4. The molecule has 7 nitrogen and oxygen atoms in total. The molecule has 2 amide bonds. The van der Waals surface area contributed by atoms with E-state index in [1.165, 1.54) is 11.3 Å². The summed E-state index contributed by atoms with van der Waals surface area (Å²) in [7, 11) is 0. The summed E-state index contributed by atoms with van der Waals surface area (Å²) >= 11 is 1.45. The molecular weight excluding hydrogens is 352 g/mol. The average Bonchev–Trinajstić information content (AvgIpc) is 3.28. The summed E-state index contributed by atoms with van der Waals surface area (Å²) in [5.74, 6) is -0.197. The number of hydrogen-bond donors (Lipinski definition) is 2. The van der Waals surface area contributed by atoms with E-state index in [2.05, 4.69) is 20.5 Å². The van der Waals surface area contributed by atoms with Crippen molar-refractivity contribution in [2.45, 2.75) is 51.9 Å². The lowest BCUT2D eigenvalue weighted by molar-refractivity contribution is -0.126. The highest BCUT2D eigenvalue weighted by molar-refractivity contribution is 7.09. The van der Waals surface area contributed by atoms with Gasteiger partial charge in [0.1, 0.15) is 5.69 Å². The quantitative estimate of drug-likeness (QED) is 0.805. The molecule has 26 heavy (non-hydrogen) atoms. The number of nitrogens with one attached hydrogen (secondary N) is 2. The highest BCUT2D eigenvalue weighted by Gasteiger charge is 2.37. The summed E-state index contributed by atoms with van der Waals surface area (Å²) in [5, 5.41) is 8.61. The van der Waals surface area contributed by atoms with E-state index < -0.39 is 0 Å². The number of rotatable bonds is 6. The van der Waals surface area contributed by atoms with Crippen LogP contribution in [0.5, 0.6) is 0 Å². The summed E-state index contributed by atoms with van der Waals surface area (Å²) < 4.78 is 5.13. The van der Waals surface area contributed by atoms with Crippen LogP contribution in [-0.4, -0.2) is 46.4 Å². The van der Waals surface area contributed by atoms with Gasteiger partial charge in [-0.25, -0.2) is 4.98 Å². The Balaban J connectivity index is 1.68. The van der Waals surface area contributed by atoms with Crippen LogP contribution in [0.15, 0.2) is 28.4 Å². The maximum Gasteiger partial charge on any atom is 0.271 e. The largest absolute Gasteiger partial charge is 0.472 e. The van der Waals surface area contributed by atoms with E-state index in [4.69, 9.17) is 4.42 Å².